The smallest absolute Gasteiger partial charge is 0.272 e. The second kappa shape index (κ2) is 6.18. The summed E-state index contributed by atoms with van der Waals surface area (Å²) in [7, 11) is 1.77. The largest absolute Gasteiger partial charge is 0.352 e. The molecule has 0 aliphatic heterocycles. The van der Waals surface area contributed by atoms with Gasteiger partial charge in [0.15, 0.2) is 0 Å². The number of carbonyl (C=O) groups excluding carboxylic acids is 2. The summed E-state index contributed by atoms with van der Waals surface area (Å²) in [6.07, 6.45) is 0.860. The standard InChI is InChI=1S/C12H20N4O2/c1-5-8(2)14-11(17)7-13-12(18)10-6-9(3)16(4)15-10/h6,8H,5,7H2,1-4H3,(H,13,18)(H,14,17). The average Bonchev–Trinajstić information content (AvgIpc) is 2.66. The van der Waals surface area contributed by atoms with E-state index in [1.807, 2.05) is 20.8 Å². The van der Waals surface area contributed by atoms with Crippen molar-refractivity contribution in [3.05, 3.63) is 17.5 Å². The van der Waals surface area contributed by atoms with Crippen LogP contribution in [0, 0.1) is 6.92 Å². The number of nitrogens with one attached hydrogen (secondary N) is 2. The second-order valence-electron chi connectivity index (χ2n) is 4.35. The maximum Gasteiger partial charge on any atom is 0.272 e. The average molecular weight is 252 g/mol. The summed E-state index contributed by atoms with van der Waals surface area (Å²) in [5.74, 6) is -0.525. The third kappa shape index (κ3) is 3.87. The molecule has 0 bridgehead atoms. The fraction of sp³-hybridized carbons (Fsp3) is 0.583. The molecule has 0 saturated heterocycles. The lowest BCUT2D eigenvalue weighted by Gasteiger charge is -2.11. The molecule has 100 valence electrons. The fourth-order valence-electron chi connectivity index (χ4n) is 1.35. The first-order chi connectivity index (χ1) is 8.43. The lowest BCUT2D eigenvalue weighted by atomic mass is 10.2. The van der Waals surface area contributed by atoms with Gasteiger partial charge in [-0.3, -0.25) is 14.3 Å². The van der Waals surface area contributed by atoms with Crippen LogP contribution < -0.4 is 10.6 Å². The summed E-state index contributed by atoms with van der Waals surface area (Å²) < 4.78 is 1.62. The molecular weight excluding hydrogens is 232 g/mol. The molecule has 0 aliphatic rings. The molecule has 6 heteroatoms. The van der Waals surface area contributed by atoms with E-state index in [1.165, 1.54) is 0 Å². The van der Waals surface area contributed by atoms with Crippen molar-refractivity contribution in [3.63, 3.8) is 0 Å². The Morgan fingerprint density at radius 2 is 2.17 bits per heavy atom. The van der Waals surface area contributed by atoms with Gasteiger partial charge >= 0.3 is 0 Å². The van der Waals surface area contributed by atoms with Crippen molar-refractivity contribution in [3.8, 4) is 0 Å². The Bertz CT molecular complexity index is 420. The van der Waals surface area contributed by atoms with Crippen LogP contribution in [0.1, 0.15) is 36.5 Å². The van der Waals surface area contributed by atoms with Crippen LogP contribution in [0.25, 0.3) is 0 Å². The molecule has 18 heavy (non-hydrogen) atoms. The van der Waals surface area contributed by atoms with Crippen molar-refractivity contribution < 1.29 is 9.59 Å². The van der Waals surface area contributed by atoms with Crippen molar-refractivity contribution in [2.24, 2.45) is 7.05 Å². The lowest BCUT2D eigenvalue weighted by molar-refractivity contribution is -0.120. The number of rotatable bonds is 5. The van der Waals surface area contributed by atoms with Crippen LogP contribution in [-0.2, 0) is 11.8 Å². The maximum absolute atomic E-state index is 11.7. The van der Waals surface area contributed by atoms with E-state index in [0.29, 0.717) is 5.69 Å². The fourth-order valence-corrected chi connectivity index (χ4v) is 1.35. The molecule has 1 heterocycles. The lowest BCUT2D eigenvalue weighted by Crippen LogP contribution is -2.40. The van der Waals surface area contributed by atoms with Crippen LogP contribution in [0.2, 0.25) is 0 Å². The molecule has 0 aromatic carbocycles. The van der Waals surface area contributed by atoms with Crippen LogP contribution in [0.4, 0.5) is 0 Å². The van der Waals surface area contributed by atoms with Crippen LogP contribution in [0.15, 0.2) is 6.07 Å². The van der Waals surface area contributed by atoms with Gasteiger partial charge in [-0.15, -0.1) is 0 Å². The van der Waals surface area contributed by atoms with E-state index in [1.54, 1.807) is 17.8 Å². The highest BCUT2D eigenvalue weighted by Crippen LogP contribution is 2.00. The van der Waals surface area contributed by atoms with Crippen LogP contribution in [0.5, 0.6) is 0 Å². The molecule has 1 rings (SSSR count). The minimum Gasteiger partial charge on any atom is -0.352 e. The zero-order chi connectivity index (χ0) is 13.7. The van der Waals surface area contributed by atoms with E-state index in [4.69, 9.17) is 0 Å². The number of hydrogen-bond donors (Lipinski definition) is 2. The molecule has 0 fully saturated rings. The number of carbonyl (C=O) groups is 2. The van der Waals surface area contributed by atoms with Crippen molar-refractivity contribution in [2.45, 2.75) is 33.2 Å². The van der Waals surface area contributed by atoms with Crippen LogP contribution in [-0.4, -0.2) is 34.2 Å². The SMILES string of the molecule is CCC(C)NC(=O)CNC(=O)c1cc(C)n(C)n1. The molecule has 0 saturated carbocycles. The van der Waals surface area contributed by atoms with Crippen molar-refractivity contribution in [2.75, 3.05) is 6.54 Å². The molecular formula is C12H20N4O2. The normalized spacial score (nSPS) is 12.0. The molecule has 0 spiro atoms. The molecule has 0 aliphatic carbocycles. The molecule has 1 aromatic heterocycles. The van der Waals surface area contributed by atoms with E-state index < -0.39 is 0 Å². The molecule has 2 amide bonds. The van der Waals surface area contributed by atoms with Gasteiger partial charge < -0.3 is 10.6 Å². The summed E-state index contributed by atoms with van der Waals surface area (Å²) in [6, 6.07) is 1.80. The van der Waals surface area contributed by atoms with Crippen molar-refractivity contribution >= 4 is 11.8 Å². The summed E-state index contributed by atoms with van der Waals surface area (Å²) in [5, 5.41) is 9.35. The third-order valence-corrected chi connectivity index (χ3v) is 2.78. The Hall–Kier alpha value is -1.85. The van der Waals surface area contributed by atoms with Gasteiger partial charge in [-0.1, -0.05) is 6.92 Å². The molecule has 1 aromatic rings. The van der Waals surface area contributed by atoms with Gasteiger partial charge in [0.1, 0.15) is 5.69 Å². The number of amides is 2. The quantitative estimate of drug-likeness (QED) is 0.795. The number of nitrogens with zero attached hydrogens (tertiary/aromatic N) is 2. The van der Waals surface area contributed by atoms with E-state index in [2.05, 4.69) is 15.7 Å². The predicted octanol–water partition coefficient (Wildman–Crippen LogP) is 0.373. The third-order valence-electron chi connectivity index (χ3n) is 2.78. The molecule has 1 atom stereocenters. The van der Waals surface area contributed by atoms with E-state index in [0.717, 1.165) is 12.1 Å². The highest BCUT2D eigenvalue weighted by molar-refractivity contribution is 5.94. The van der Waals surface area contributed by atoms with Crippen molar-refractivity contribution in [1.29, 1.82) is 0 Å². The van der Waals surface area contributed by atoms with Gasteiger partial charge in [-0.05, 0) is 26.3 Å². The van der Waals surface area contributed by atoms with Gasteiger partial charge in [0, 0.05) is 18.8 Å². The van der Waals surface area contributed by atoms with Crippen LogP contribution >= 0.6 is 0 Å². The molecule has 6 nitrogen and oxygen atoms in total. The van der Waals surface area contributed by atoms with Gasteiger partial charge in [0.05, 0.1) is 6.54 Å². The first-order valence-electron chi connectivity index (χ1n) is 6.02. The predicted molar refractivity (Wildman–Crippen MR) is 68.2 cm³/mol. The van der Waals surface area contributed by atoms with Gasteiger partial charge in [0.2, 0.25) is 5.91 Å². The number of hydrogen-bond acceptors (Lipinski definition) is 3. The Kier molecular flexibility index (Phi) is 4.88. The minimum absolute atomic E-state index is 0.0290. The Balaban J connectivity index is 2.44. The van der Waals surface area contributed by atoms with Gasteiger partial charge in [-0.2, -0.15) is 5.10 Å². The number of aryl methyl sites for hydroxylation is 2. The first-order valence-corrected chi connectivity index (χ1v) is 6.02. The number of aromatic nitrogens is 2. The summed E-state index contributed by atoms with van der Waals surface area (Å²) in [5.41, 5.74) is 1.22. The summed E-state index contributed by atoms with van der Waals surface area (Å²) >= 11 is 0. The van der Waals surface area contributed by atoms with E-state index in [-0.39, 0.29) is 24.4 Å². The highest BCUT2D eigenvalue weighted by atomic mass is 16.2. The second-order valence-corrected chi connectivity index (χ2v) is 4.35. The first kappa shape index (κ1) is 14.2. The zero-order valence-corrected chi connectivity index (χ0v) is 11.3. The monoisotopic (exact) mass is 252 g/mol. The molecule has 2 N–H and O–H groups in total. The highest BCUT2D eigenvalue weighted by Gasteiger charge is 2.12. The van der Waals surface area contributed by atoms with E-state index >= 15 is 0 Å². The molecule has 0 radical (unpaired) electrons. The van der Waals surface area contributed by atoms with Gasteiger partial charge in [-0.25, -0.2) is 0 Å². The Morgan fingerprint density at radius 1 is 1.50 bits per heavy atom. The zero-order valence-electron chi connectivity index (χ0n) is 11.3. The van der Waals surface area contributed by atoms with Gasteiger partial charge in [0.25, 0.3) is 5.91 Å². The minimum atomic E-state index is -0.335. The Labute approximate surface area is 107 Å². The Morgan fingerprint density at radius 3 is 2.67 bits per heavy atom. The topological polar surface area (TPSA) is 76.0 Å². The van der Waals surface area contributed by atoms with E-state index in [9.17, 15) is 9.59 Å². The maximum atomic E-state index is 11.7. The summed E-state index contributed by atoms with van der Waals surface area (Å²) in [4.78, 5) is 23.2. The summed E-state index contributed by atoms with van der Waals surface area (Å²) in [6.45, 7) is 5.74. The van der Waals surface area contributed by atoms with Crippen LogP contribution in [0.3, 0.4) is 0 Å². The molecule has 1 unspecified atom stereocenters. The van der Waals surface area contributed by atoms with Crippen molar-refractivity contribution in [1.82, 2.24) is 20.4 Å².